The first-order valence-electron chi connectivity index (χ1n) is 8.37. The Hall–Kier alpha value is -1.92. The number of nitrogens with one attached hydrogen (secondary N) is 1. The third-order valence-corrected chi connectivity index (χ3v) is 4.68. The van der Waals surface area contributed by atoms with Crippen LogP contribution in [-0.2, 0) is 17.9 Å². The molecule has 1 aromatic rings. The molecule has 0 spiro atoms. The van der Waals surface area contributed by atoms with Crippen LogP contribution in [0.2, 0.25) is 0 Å². The van der Waals surface area contributed by atoms with Crippen LogP contribution in [0.5, 0.6) is 0 Å². The maximum atomic E-state index is 12.5. The van der Waals surface area contributed by atoms with Crippen molar-refractivity contribution in [1.29, 1.82) is 0 Å². The molecule has 1 N–H and O–H groups in total. The summed E-state index contributed by atoms with van der Waals surface area (Å²) in [5, 5.41) is 3.04. The van der Waals surface area contributed by atoms with Gasteiger partial charge in [-0.2, -0.15) is 0 Å². The SMILES string of the molecule is O=C(NC1CCCC1)c1ncn2c1CN(C(=O)CCF)CCC2. The Morgan fingerprint density at radius 3 is 2.78 bits per heavy atom. The monoisotopic (exact) mass is 322 g/mol. The summed E-state index contributed by atoms with van der Waals surface area (Å²) in [7, 11) is 0. The van der Waals surface area contributed by atoms with Crippen LogP contribution < -0.4 is 5.32 Å². The number of fused-ring (bicyclic) bond motifs is 1. The van der Waals surface area contributed by atoms with E-state index in [-0.39, 0.29) is 24.3 Å². The van der Waals surface area contributed by atoms with Crippen molar-refractivity contribution in [3.05, 3.63) is 17.7 Å². The van der Waals surface area contributed by atoms with E-state index in [1.165, 1.54) is 0 Å². The van der Waals surface area contributed by atoms with E-state index in [0.717, 1.165) is 44.3 Å². The van der Waals surface area contributed by atoms with E-state index in [0.29, 0.717) is 18.8 Å². The van der Waals surface area contributed by atoms with Crippen molar-refractivity contribution < 1.29 is 14.0 Å². The molecule has 1 aliphatic carbocycles. The van der Waals surface area contributed by atoms with Gasteiger partial charge in [-0.25, -0.2) is 4.98 Å². The van der Waals surface area contributed by atoms with Gasteiger partial charge in [0.25, 0.3) is 5.91 Å². The van der Waals surface area contributed by atoms with Crippen LogP contribution >= 0.6 is 0 Å². The Bertz CT molecular complexity index is 581. The van der Waals surface area contributed by atoms with Crippen LogP contribution in [-0.4, -0.2) is 45.5 Å². The maximum Gasteiger partial charge on any atom is 0.272 e. The molecule has 1 saturated carbocycles. The van der Waals surface area contributed by atoms with Crippen LogP contribution in [0.15, 0.2) is 6.33 Å². The summed E-state index contributed by atoms with van der Waals surface area (Å²) >= 11 is 0. The van der Waals surface area contributed by atoms with Crippen molar-refractivity contribution >= 4 is 11.8 Å². The number of nitrogens with zero attached hydrogens (tertiary/aromatic N) is 3. The normalized spacial score (nSPS) is 18.6. The van der Waals surface area contributed by atoms with Crippen LogP contribution in [0, 0.1) is 0 Å². The predicted molar refractivity (Wildman–Crippen MR) is 82.6 cm³/mol. The van der Waals surface area contributed by atoms with Crippen molar-refractivity contribution in [2.45, 2.75) is 57.7 Å². The Morgan fingerprint density at radius 2 is 2.04 bits per heavy atom. The molecular weight excluding hydrogens is 299 g/mol. The van der Waals surface area contributed by atoms with E-state index in [1.807, 2.05) is 4.57 Å². The number of rotatable bonds is 4. The highest BCUT2D eigenvalue weighted by atomic mass is 19.1. The van der Waals surface area contributed by atoms with Gasteiger partial charge in [0, 0.05) is 19.1 Å². The zero-order chi connectivity index (χ0) is 16.2. The highest BCUT2D eigenvalue weighted by molar-refractivity contribution is 5.93. The second-order valence-corrected chi connectivity index (χ2v) is 6.30. The van der Waals surface area contributed by atoms with Crippen molar-refractivity contribution in [2.75, 3.05) is 13.2 Å². The van der Waals surface area contributed by atoms with E-state index in [4.69, 9.17) is 0 Å². The van der Waals surface area contributed by atoms with Gasteiger partial charge in [-0.15, -0.1) is 0 Å². The Labute approximate surface area is 135 Å². The molecule has 2 heterocycles. The third-order valence-electron chi connectivity index (χ3n) is 4.68. The van der Waals surface area contributed by atoms with Crippen molar-refractivity contribution in [2.24, 2.45) is 0 Å². The van der Waals surface area contributed by atoms with Gasteiger partial charge in [0.2, 0.25) is 5.91 Å². The molecule has 1 fully saturated rings. The fraction of sp³-hybridized carbons (Fsp3) is 0.688. The molecule has 1 aliphatic heterocycles. The average Bonchev–Trinajstić information content (AvgIpc) is 3.12. The van der Waals surface area contributed by atoms with Crippen LogP contribution in [0.25, 0.3) is 0 Å². The average molecular weight is 322 g/mol. The summed E-state index contributed by atoms with van der Waals surface area (Å²) in [6, 6.07) is 0.231. The largest absolute Gasteiger partial charge is 0.348 e. The number of carbonyl (C=O) groups excluding carboxylic acids is 2. The first-order valence-corrected chi connectivity index (χ1v) is 8.37. The minimum atomic E-state index is -0.649. The number of hydrogen-bond donors (Lipinski definition) is 1. The molecule has 3 rings (SSSR count). The smallest absolute Gasteiger partial charge is 0.272 e. The van der Waals surface area contributed by atoms with Gasteiger partial charge < -0.3 is 14.8 Å². The summed E-state index contributed by atoms with van der Waals surface area (Å²) in [6.45, 7) is 0.985. The molecule has 2 amide bonds. The van der Waals surface area contributed by atoms with Gasteiger partial charge in [-0.1, -0.05) is 12.8 Å². The molecule has 6 nitrogen and oxygen atoms in total. The Balaban J connectivity index is 1.75. The lowest BCUT2D eigenvalue weighted by Crippen LogP contribution is -2.35. The zero-order valence-corrected chi connectivity index (χ0v) is 13.3. The lowest BCUT2D eigenvalue weighted by atomic mass is 10.2. The number of hydrogen-bond acceptors (Lipinski definition) is 3. The molecule has 0 radical (unpaired) electrons. The number of aryl methyl sites for hydroxylation is 1. The van der Waals surface area contributed by atoms with E-state index < -0.39 is 6.67 Å². The predicted octanol–water partition coefficient (Wildman–Crippen LogP) is 1.65. The van der Waals surface area contributed by atoms with E-state index in [2.05, 4.69) is 10.3 Å². The summed E-state index contributed by atoms with van der Waals surface area (Å²) in [5.41, 5.74) is 1.15. The fourth-order valence-electron chi connectivity index (χ4n) is 3.42. The molecule has 0 atom stereocenters. The van der Waals surface area contributed by atoms with Crippen LogP contribution in [0.4, 0.5) is 4.39 Å². The second-order valence-electron chi connectivity index (χ2n) is 6.30. The summed E-state index contributed by atoms with van der Waals surface area (Å²) < 4.78 is 14.4. The minimum absolute atomic E-state index is 0.0995. The number of aromatic nitrogens is 2. The van der Waals surface area contributed by atoms with Gasteiger partial charge in [0.1, 0.15) is 0 Å². The van der Waals surface area contributed by atoms with E-state index in [1.54, 1.807) is 11.2 Å². The van der Waals surface area contributed by atoms with Crippen LogP contribution in [0.3, 0.4) is 0 Å². The molecule has 0 aromatic carbocycles. The summed E-state index contributed by atoms with van der Waals surface area (Å²) in [5.74, 6) is -0.366. The van der Waals surface area contributed by atoms with Crippen molar-refractivity contribution in [1.82, 2.24) is 19.8 Å². The van der Waals surface area contributed by atoms with Gasteiger partial charge in [-0.3, -0.25) is 14.0 Å². The zero-order valence-electron chi connectivity index (χ0n) is 13.3. The maximum absolute atomic E-state index is 12.5. The highest BCUT2D eigenvalue weighted by Gasteiger charge is 2.26. The number of amides is 2. The number of alkyl halides is 1. The van der Waals surface area contributed by atoms with E-state index >= 15 is 0 Å². The molecule has 0 bridgehead atoms. The quantitative estimate of drug-likeness (QED) is 0.916. The molecule has 0 saturated heterocycles. The Morgan fingerprint density at radius 1 is 1.26 bits per heavy atom. The topological polar surface area (TPSA) is 67.2 Å². The number of imidazole rings is 1. The van der Waals surface area contributed by atoms with E-state index in [9.17, 15) is 14.0 Å². The van der Waals surface area contributed by atoms with Gasteiger partial charge in [0.15, 0.2) is 5.69 Å². The van der Waals surface area contributed by atoms with Gasteiger partial charge in [-0.05, 0) is 19.3 Å². The Kier molecular flexibility index (Phi) is 4.93. The molecule has 0 unspecified atom stereocenters. The molecule has 126 valence electrons. The fourth-order valence-corrected chi connectivity index (χ4v) is 3.42. The summed E-state index contributed by atoms with van der Waals surface area (Å²) in [4.78, 5) is 30.4. The lowest BCUT2D eigenvalue weighted by molar-refractivity contribution is -0.132. The summed E-state index contributed by atoms with van der Waals surface area (Å²) in [6.07, 6.45) is 6.69. The molecule has 1 aromatic heterocycles. The lowest BCUT2D eigenvalue weighted by Gasteiger charge is -2.20. The highest BCUT2D eigenvalue weighted by Crippen LogP contribution is 2.20. The second kappa shape index (κ2) is 7.10. The molecule has 2 aliphatic rings. The first-order chi connectivity index (χ1) is 11.2. The van der Waals surface area contributed by atoms with Crippen LogP contribution in [0.1, 0.15) is 54.7 Å². The number of halogens is 1. The number of carbonyl (C=O) groups is 2. The molecule has 23 heavy (non-hydrogen) atoms. The standard InChI is InChI=1S/C16H23FN4O2/c17-7-6-14(22)20-8-3-9-21-11-18-15(13(21)10-20)16(23)19-12-4-1-2-5-12/h11-12H,1-10H2,(H,19,23). The van der Waals surface area contributed by atoms with Crippen molar-refractivity contribution in [3.63, 3.8) is 0 Å². The van der Waals surface area contributed by atoms with Gasteiger partial charge in [0.05, 0.1) is 31.7 Å². The molecule has 7 heteroatoms. The van der Waals surface area contributed by atoms with Gasteiger partial charge >= 0.3 is 0 Å². The molecular formula is C16H23FN4O2. The third kappa shape index (κ3) is 3.54. The van der Waals surface area contributed by atoms with Crippen molar-refractivity contribution in [3.8, 4) is 0 Å². The first kappa shape index (κ1) is 16.0. The minimum Gasteiger partial charge on any atom is -0.348 e.